The van der Waals surface area contributed by atoms with Gasteiger partial charge in [-0.05, 0) is 42.5 Å². The van der Waals surface area contributed by atoms with E-state index in [4.69, 9.17) is 21.7 Å². The van der Waals surface area contributed by atoms with Crippen molar-refractivity contribution in [3.63, 3.8) is 0 Å². The largest absolute Gasteiger partial charge is 0.490 e. The van der Waals surface area contributed by atoms with Crippen molar-refractivity contribution in [1.29, 1.82) is 0 Å². The number of hydrogen-bond donors (Lipinski definition) is 3. The van der Waals surface area contributed by atoms with Crippen LogP contribution >= 0.6 is 12.2 Å². The first kappa shape index (κ1) is 22.3. The fraction of sp³-hybridized carbons (Fsp3) is 0.286. The Morgan fingerprint density at radius 3 is 2.38 bits per heavy atom. The molecule has 0 atom stereocenters. The van der Waals surface area contributed by atoms with E-state index in [1.165, 1.54) is 0 Å². The van der Waals surface area contributed by atoms with Crippen molar-refractivity contribution in [2.75, 3.05) is 31.0 Å². The Kier molecular flexibility index (Phi) is 8.57. The van der Waals surface area contributed by atoms with Crippen LogP contribution in [0.25, 0.3) is 0 Å². The van der Waals surface area contributed by atoms with Crippen LogP contribution in [-0.2, 0) is 9.53 Å². The van der Waals surface area contributed by atoms with E-state index in [-0.39, 0.29) is 22.8 Å². The highest BCUT2D eigenvalue weighted by atomic mass is 32.1. The number of benzene rings is 2. The molecule has 0 spiro atoms. The number of carbonyl (C=O) groups is 2. The summed E-state index contributed by atoms with van der Waals surface area (Å²) < 4.78 is 10.5. The van der Waals surface area contributed by atoms with Crippen molar-refractivity contribution in [2.45, 2.75) is 13.8 Å². The number of thiocarbonyl (C=S) groups is 1. The topological polar surface area (TPSA) is 88.7 Å². The van der Waals surface area contributed by atoms with Crippen LogP contribution in [-0.4, -0.2) is 37.3 Å². The molecule has 3 N–H and O–H groups in total. The summed E-state index contributed by atoms with van der Waals surface area (Å²) in [6, 6.07) is 14.0. The number of carbonyl (C=O) groups excluding carboxylic acids is 2. The van der Waals surface area contributed by atoms with Gasteiger partial charge in [-0.15, -0.1) is 0 Å². The predicted molar refractivity (Wildman–Crippen MR) is 117 cm³/mol. The molecule has 154 valence electrons. The van der Waals surface area contributed by atoms with Gasteiger partial charge in [-0.25, -0.2) is 0 Å². The summed E-state index contributed by atoms with van der Waals surface area (Å²) in [4.78, 5) is 24.4. The van der Waals surface area contributed by atoms with Crippen molar-refractivity contribution >= 4 is 40.5 Å². The third-order valence-corrected chi connectivity index (χ3v) is 4.02. The SMILES string of the molecule is COCCOc1ccccc1C(=O)NC(=S)Nc1cccc(NC(=O)C(C)C)c1. The van der Waals surface area contributed by atoms with Crippen LogP contribution in [0.2, 0.25) is 0 Å². The van der Waals surface area contributed by atoms with Crippen LogP contribution in [0.1, 0.15) is 24.2 Å². The predicted octanol–water partition coefficient (Wildman–Crippen LogP) is 3.43. The second-order valence-electron chi connectivity index (χ2n) is 6.47. The molecule has 7 nitrogen and oxygen atoms in total. The van der Waals surface area contributed by atoms with Crippen molar-refractivity contribution < 1.29 is 19.1 Å². The van der Waals surface area contributed by atoms with E-state index < -0.39 is 0 Å². The van der Waals surface area contributed by atoms with Gasteiger partial charge >= 0.3 is 0 Å². The monoisotopic (exact) mass is 415 g/mol. The maximum absolute atomic E-state index is 12.6. The molecule has 0 aliphatic heterocycles. The lowest BCUT2D eigenvalue weighted by Crippen LogP contribution is -2.34. The van der Waals surface area contributed by atoms with E-state index >= 15 is 0 Å². The molecule has 2 amide bonds. The van der Waals surface area contributed by atoms with Crippen molar-refractivity contribution in [1.82, 2.24) is 5.32 Å². The third kappa shape index (κ3) is 7.17. The molecule has 2 rings (SSSR count). The first-order valence-corrected chi connectivity index (χ1v) is 9.55. The maximum atomic E-state index is 12.6. The average Bonchev–Trinajstić information content (AvgIpc) is 2.68. The minimum atomic E-state index is -0.389. The van der Waals surface area contributed by atoms with Gasteiger partial charge < -0.3 is 20.1 Å². The van der Waals surface area contributed by atoms with E-state index in [1.807, 2.05) is 13.8 Å². The normalized spacial score (nSPS) is 10.3. The molecule has 0 aliphatic carbocycles. The Hall–Kier alpha value is -2.97. The maximum Gasteiger partial charge on any atom is 0.261 e. The van der Waals surface area contributed by atoms with E-state index in [2.05, 4.69) is 16.0 Å². The summed E-state index contributed by atoms with van der Waals surface area (Å²) in [5, 5.41) is 8.53. The van der Waals surface area contributed by atoms with E-state index in [1.54, 1.807) is 55.6 Å². The molecule has 0 bridgehead atoms. The Balaban J connectivity index is 1.99. The van der Waals surface area contributed by atoms with E-state index in [0.29, 0.717) is 35.9 Å². The first-order valence-electron chi connectivity index (χ1n) is 9.14. The molecule has 0 unspecified atom stereocenters. The fourth-order valence-electron chi connectivity index (χ4n) is 2.31. The average molecular weight is 416 g/mol. The molecule has 29 heavy (non-hydrogen) atoms. The number of nitrogens with one attached hydrogen (secondary N) is 3. The van der Waals surface area contributed by atoms with Gasteiger partial charge in [-0.2, -0.15) is 0 Å². The van der Waals surface area contributed by atoms with Crippen LogP contribution < -0.4 is 20.7 Å². The summed E-state index contributed by atoms with van der Waals surface area (Å²) in [7, 11) is 1.58. The highest BCUT2D eigenvalue weighted by molar-refractivity contribution is 7.80. The second kappa shape index (κ2) is 11.1. The Bertz CT molecular complexity index is 871. The summed E-state index contributed by atoms with van der Waals surface area (Å²) in [5.74, 6) is -0.149. The number of anilines is 2. The molecule has 8 heteroatoms. The van der Waals surface area contributed by atoms with Crippen LogP contribution in [0.3, 0.4) is 0 Å². The van der Waals surface area contributed by atoms with Crippen LogP contribution in [0.15, 0.2) is 48.5 Å². The lowest BCUT2D eigenvalue weighted by atomic mass is 10.2. The third-order valence-electron chi connectivity index (χ3n) is 3.82. The Labute approximate surface area is 175 Å². The van der Waals surface area contributed by atoms with Gasteiger partial charge in [0.15, 0.2) is 5.11 Å². The molecule has 0 radical (unpaired) electrons. The summed E-state index contributed by atoms with van der Waals surface area (Å²) in [6.07, 6.45) is 0. The van der Waals surface area contributed by atoms with Crippen LogP contribution in [0.4, 0.5) is 11.4 Å². The zero-order chi connectivity index (χ0) is 21.2. The quantitative estimate of drug-likeness (QED) is 0.452. The van der Waals surface area contributed by atoms with Crippen LogP contribution in [0, 0.1) is 5.92 Å². The molecule has 0 fully saturated rings. The smallest absolute Gasteiger partial charge is 0.261 e. The molecule has 0 heterocycles. The van der Waals surface area contributed by atoms with Gasteiger partial charge in [0.05, 0.1) is 12.2 Å². The minimum Gasteiger partial charge on any atom is -0.490 e. The molecule has 2 aromatic rings. The molecular weight excluding hydrogens is 390 g/mol. The molecule has 0 saturated carbocycles. The Morgan fingerprint density at radius 2 is 1.69 bits per heavy atom. The Morgan fingerprint density at radius 1 is 1.00 bits per heavy atom. The molecule has 0 aromatic heterocycles. The van der Waals surface area contributed by atoms with Gasteiger partial charge in [-0.3, -0.25) is 14.9 Å². The first-order chi connectivity index (χ1) is 13.9. The summed E-state index contributed by atoms with van der Waals surface area (Å²) in [6.45, 7) is 4.38. The van der Waals surface area contributed by atoms with E-state index in [0.717, 1.165) is 0 Å². The minimum absolute atomic E-state index is 0.0805. The summed E-state index contributed by atoms with van der Waals surface area (Å²) >= 11 is 5.24. The lowest BCUT2D eigenvalue weighted by molar-refractivity contribution is -0.118. The highest BCUT2D eigenvalue weighted by Crippen LogP contribution is 2.19. The number of hydrogen-bond acceptors (Lipinski definition) is 5. The van der Waals surface area contributed by atoms with Gasteiger partial charge in [-0.1, -0.05) is 32.0 Å². The molecular formula is C21H25N3O4S. The van der Waals surface area contributed by atoms with Gasteiger partial charge in [0.1, 0.15) is 12.4 Å². The van der Waals surface area contributed by atoms with Crippen molar-refractivity contribution in [3.05, 3.63) is 54.1 Å². The zero-order valence-corrected chi connectivity index (χ0v) is 17.5. The number of methoxy groups -OCH3 is 1. The van der Waals surface area contributed by atoms with E-state index in [9.17, 15) is 9.59 Å². The molecule has 0 saturated heterocycles. The number of para-hydroxylation sites is 1. The fourth-order valence-corrected chi connectivity index (χ4v) is 2.52. The lowest BCUT2D eigenvalue weighted by Gasteiger charge is -2.14. The molecule has 2 aromatic carbocycles. The van der Waals surface area contributed by atoms with Crippen LogP contribution in [0.5, 0.6) is 5.75 Å². The van der Waals surface area contributed by atoms with Gasteiger partial charge in [0, 0.05) is 24.4 Å². The highest BCUT2D eigenvalue weighted by Gasteiger charge is 2.14. The van der Waals surface area contributed by atoms with Gasteiger partial charge in [0.2, 0.25) is 5.91 Å². The number of ether oxygens (including phenoxy) is 2. The van der Waals surface area contributed by atoms with Crippen molar-refractivity contribution in [2.24, 2.45) is 5.92 Å². The zero-order valence-electron chi connectivity index (χ0n) is 16.7. The number of amides is 2. The molecule has 0 aliphatic rings. The number of rotatable bonds is 8. The second-order valence-corrected chi connectivity index (χ2v) is 6.88. The standard InChI is InChI=1S/C21H25N3O4S/c1-14(2)19(25)22-15-7-6-8-16(13-15)23-21(29)24-20(26)17-9-4-5-10-18(17)28-12-11-27-3/h4-10,13-14H,11-12H2,1-3H3,(H,22,25)(H2,23,24,26,29). The summed E-state index contributed by atoms with van der Waals surface area (Å²) in [5.41, 5.74) is 1.65. The van der Waals surface area contributed by atoms with Crippen molar-refractivity contribution in [3.8, 4) is 5.75 Å². The van der Waals surface area contributed by atoms with Gasteiger partial charge in [0.25, 0.3) is 5.91 Å².